The number of anilines is 1. The van der Waals surface area contributed by atoms with Gasteiger partial charge in [0.2, 0.25) is 0 Å². The fourth-order valence-corrected chi connectivity index (χ4v) is 2.89. The van der Waals surface area contributed by atoms with Crippen LogP contribution in [0, 0.1) is 6.92 Å². The van der Waals surface area contributed by atoms with E-state index in [2.05, 4.69) is 15.3 Å². The lowest BCUT2D eigenvalue weighted by Gasteiger charge is -2.32. The minimum absolute atomic E-state index is 0.0778. The predicted molar refractivity (Wildman–Crippen MR) is 92.3 cm³/mol. The number of piperidine rings is 1. The lowest BCUT2D eigenvalue weighted by atomic mass is 10.0. The summed E-state index contributed by atoms with van der Waals surface area (Å²) in [5.74, 6) is 1.69. The first-order valence-electron chi connectivity index (χ1n) is 8.14. The van der Waals surface area contributed by atoms with Crippen molar-refractivity contribution in [3.8, 4) is 5.75 Å². The molecule has 1 aliphatic heterocycles. The van der Waals surface area contributed by atoms with Crippen LogP contribution >= 0.6 is 0 Å². The van der Waals surface area contributed by atoms with Crippen LogP contribution in [-0.4, -0.2) is 47.0 Å². The van der Waals surface area contributed by atoms with Crippen molar-refractivity contribution < 1.29 is 9.53 Å². The Morgan fingerprint density at radius 3 is 2.54 bits per heavy atom. The topological polar surface area (TPSA) is 67.3 Å². The molecule has 2 aromatic rings. The molecule has 1 aromatic heterocycles. The lowest BCUT2D eigenvalue weighted by molar-refractivity contribution is 0.0718. The van der Waals surface area contributed by atoms with Gasteiger partial charge in [-0.15, -0.1) is 0 Å². The highest BCUT2D eigenvalue weighted by Gasteiger charge is 2.23. The molecule has 0 aliphatic carbocycles. The Bertz CT molecular complexity index is 694. The zero-order chi connectivity index (χ0) is 16.9. The summed E-state index contributed by atoms with van der Waals surface area (Å²) in [5, 5.41) is 3.43. The van der Waals surface area contributed by atoms with E-state index in [0.29, 0.717) is 11.6 Å². The van der Waals surface area contributed by atoms with Gasteiger partial charge >= 0.3 is 0 Å². The second-order valence-electron chi connectivity index (χ2n) is 5.98. The van der Waals surface area contributed by atoms with E-state index in [-0.39, 0.29) is 5.91 Å². The summed E-state index contributed by atoms with van der Waals surface area (Å²) in [6.07, 6.45) is 3.38. The molecule has 0 atom stereocenters. The highest BCUT2D eigenvalue weighted by atomic mass is 16.5. The molecule has 2 heterocycles. The number of hydrogen-bond donors (Lipinski definition) is 1. The van der Waals surface area contributed by atoms with Crippen molar-refractivity contribution in [1.29, 1.82) is 0 Å². The van der Waals surface area contributed by atoms with Gasteiger partial charge in [-0.3, -0.25) is 4.79 Å². The maximum atomic E-state index is 12.6. The van der Waals surface area contributed by atoms with Crippen LogP contribution in [0.3, 0.4) is 0 Å². The molecule has 6 heteroatoms. The molecule has 1 N–H and O–H groups in total. The fourth-order valence-electron chi connectivity index (χ4n) is 2.89. The number of amides is 1. The summed E-state index contributed by atoms with van der Waals surface area (Å²) in [6, 6.07) is 9.54. The Morgan fingerprint density at radius 1 is 1.21 bits per heavy atom. The number of carbonyl (C=O) groups excluding carboxylic acids is 1. The smallest absolute Gasteiger partial charge is 0.253 e. The number of carbonyl (C=O) groups is 1. The van der Waals surface area contributed by atoms with E-state index in [0.717, 1.165) is 43.2 Å². The summed E-state index contributed by atoms with van der Waals surface area (Å²) in [7, 11) is 1.62. The number of rotatable bonds is 4. The summed E-state index contributed by atoms with van der Waals surface area (Å²) in [6.45, 7) is 3.43. The van der Waals surface area contributed by atoms with Crippen molar-refractivity contribution >= 4 is 11.7 Å². The molecular formula is C18H22N4O2. The van der Waals surface area contributed by atoms with E-state index in [1.54, 1.807) is 13.4 Å². The van der Waals surface area contributed by atoms with Crippen molar-refractivity contribution in [2.45, 2.75) is 25.8 Å². The van der Waals surface area contributed by atoms with Gasteiger partial charge in [-0.2, -0.15) is 0 Å². The van der Waals surface area contributed by atoms with Crippen LogP contribution in [0.2, 0.25) is 0 Å². The third-order valence-corrected chi connectivity index (χ3v) is 4.27. The van der Waals surface area contributed by atoms with Crippen LogP contribution in [0.4, 0.5) is 5.82 Å². The number of aryl methyl sites for hydroxylation is 1. The summed E-state index contributed by atoms with van der Waals surface area (Å²) >= 11 is 0. The van der Waals surface area contributed by atoms with E-state index >= 15 is 0 Å². The number of likely N-dealkylation sites (tertiary alicyclic amines) is 1. The summed E-state index contributed by atoms with van der Waals surface area (Å²) in [5.41, 5.74) is 1.65. The van der Waals surface area contributed by atoms with Crippen LogP contribution in [0.1, 0.15) is 28.9 Å². The number of methoxy groups -OCH3 is 1. The van der Waals surface area contributed by atoms with Crippen molar-refractivity contribution in [3.63, 3.8) is 0 Å². The Labute approximate surface area is 141 Å². The molecule has 24 heavy (non-hydrogen) atoms. The quantitative estimate of drug-likeness (QED) is 0.935. The normalized spacial score (nSPS) is 15.2. The zero-order valence-corrected chi connectivity index (χ0v) is 14.0. The lowest BCUT2D eigenvalue weighted by Crippen LogP contribution is -2.42. The molecule has 3 rings (SSSR count). The van der Waals surface area contributed by atoms with E-state index < -0.39 is 0 Å². The number of aromatic nitrogens is 2. The maximum Gasteiger partial charge on any atom is 0.253 e. The van der Waals surface area contributed by atoms with Crippen LogP contribution in [0.5, 0.6) is 5.75 Å². The average molecular weight is 326 g/mol. The maximum absolute atomic E-state index is 12.6. The molecule has 1 amide bonds. The SMILES string of the molecule is COc1ccc(C(=O)N2CCC(Nc3cc(C)ncn3)CC2)cc1. The van der Waals surface area contributed by atoms with Gasteiger partial charge in [-0.05, 0) is 44.0 Å². The van der Waals surface area contributed by atoms with Gasteiger partial charge < -0.3 is 15.0 Å². The van der Waals surface area contributed by atoms with E-state index in [1.807, 2.05) is 42.2 Å². The molecule has 1 aromatic carbocycles. The molecule has 1 fully saturated rings. The average Bonchev–Trinajstić information content (AvgIpc) is 2.62. The zero-order valence-electron chi connectivity index (χ0n) is 14.0. The highest BCUT2D eigenvalue weighted by molar-refractivity contribution is 5.94. The van der Waals surface area contributed by atoms with E-state index in [9.17, 15) is 4.79 Å². The van der Waals surface area contributed by atoms with Crippen molar-refractivity contribution in [2.75, 3.05) is 25.5 Å². The van der Waals surface area contributed by atoms with Gasteiger partial charge in [0, 0.05) is 36.5 Å². The predicted octanol–water partition coefficient (Wildman–Crippen LogP) is 2.51. The third-order valence-electron chi connectivity index (χ3n) is 4.27. The number of hydrogen-bond acceptors (Lipinski definition) is 5. The second-order valence-corrected chi connectivity index (χ2v) is 5.98. The van der Waals surface area contributed by atoms with Crippen molar-refractivity contribution in [1.82, 2.24) is 14.9 Å². The number of nitrogens with one attached hydrogen (secondary N) is 1. The van der Waals surface area contributed by atoms with Gasteiger partial charge in [-0.25, -0.2) is 9.97 Å². The standard InChI is InChI=1S/C18H22N4O2/c1-13-11-17(20-12-19-13)21-15-7-9-22(10-8-15)18(23)14-3-5-16(24-2)6-4-14/h3-6,11-12,15H,7-10H2,1-2H3,(H,19,20,21). The Balaban J connectivity index is 1.55. The first-order chi connectivity index (χ1) is 11.7. The van der Waals surface area contributed by atoms with Crippen molar-refractivity contribution in [3.05, 3.63) is 47.9 Å². The Kier molecular flexibility index (Phi) is 4.93. The molecule has 0 spiro atoms. The molecule has 0 saturated carbocycles. The van der Waals surface area contributed by atoms with Crippen LogP contribution in [-0.2, 0) is 0 Å². The van der Waals surface area contributed by atoms with Gasteiger partial charge in [0.05, 0.1) is 7.11 Å². The minimum Gasteiger partial charge on any atom is -0.497 e. The molecule has 126 valence electrons. The molecular weight excluding hydrogens is 304 g/mol. The van der Waals surface area contributed by atoms with Gasteiger partial charge in [-0.1, -0.05) is 0 Å². The Morgan fingerprint density at radius 2 is 1.92 bits per heavy atom. The number of benzene rings is 1. The van der Waals surface area contributed by atoms with Crippen molar-refractivity contribution in [2.24, 2.45) is 0 Å². The van der Waals surface area contributed by atoms with E-state index in [1.165, 1.54) is 0 Å². The highest BCUT2D eigenvalue weighted by Crippen LogP contribution is 2.19. The first kappa shape index (κ1) is 16.2. The van der Waals surface area contributed by atoms with Crippen LogP contribution < -0.4 is 10.1 Å². The number of ether oxygens (including phenoxy) is 1. The molecule has 0 radical (unpaired) electrons. The largest absolute Gasteiger partial charge is 0.497 e. The van der Waals surface area contributed by atoms with Crippen LogP contribution in [0.15, 0.2) is 36.7 Å². The molecule has 1 aliphatic rings. The minimum atomic E-state index is 0.0778. The number of nitrogens with zero attached hydrogens (tertiary/aromatic N) is 3. The molecule has 0 bridgehead atoms. The van der Waals surface area contributed by atoms with Crippen LogP contribution in [0.25, 0.3) is 0 Å². The molecule has 0 unspecified atom stereocenters. The third kappa shape index (κ3) is 3.82. The van der Waals surface area contributed by atoms with Gasteiger partial charge in [0.15, 0.2) is 0 Å². The molecule has 1 saturated heterocycles. The fraction of sp³-hybridized carbons (Fsp3) is 0.389. The second kappa shape index (κ2) is 7.29. The summed E-state index contributed by atoms with van der Waals surface area (Å²) < 4.78 is 5.13. The van der Waals surface area contributed by atoms with Gasteiger partial charge in [0.1, 0.15) is 17.9 Å². The molecule has 6 nitrogen and oxygen atoms in total. The first-order valence-corrected chi connectivity index (χ1v) is 8.14. The van der Waals surface area contributed by atoms with Gasteiger partial charge in [0.25, 0.3) is 5.91 Å². The Hall–Kier alpha value is -2.63. The van der Waals surface area contributed by atoms with E-state index in [4.69, 9.17) is 4.74 Å². The summed E-state index contributed by atoms with van der Waals surface area (Å²) in [4.78, 5) is 22.8. The monoisotopic (exact) mass is 326 g/mol.